The molecule has 0 saturated carbocycles. The molecule has 1 aromatic heterocycles. The van der Waals surface area contributed by atoms with Crippen LogP contribution in [0.5, 0.6) is 0 Å². The van der Waals surface area contributed by atoms with Gasteiger partial charge >= 0.3 is 0 Å². The highest BCUT2D eigenvalue weighted by Crippen LogP contribution is 2.34. The summed E-state index contributed by atoms with van der Waals surface area (Å²) in [6.45, 7) is 2.19. The molecule has 1 aliphatic heterocycles. The van der Waals surface area contributed by atoms with Crippen molar-refractivity contribution in [2.75, 3.05) is 0 Å². The summed E-state index contributed by atoms with van der Waals surface area (Å²) in [5.41, 5.74) is 3.29. The third-order valence-corrected chi connectivity index (χ3v) is 4.41. The fourth-order valence-corrected chi connectivity index (χ4v) is 3.23. The zero-order valence-corrected chi connectivity index (χ0v) is 11.6. The van der Waals surface area contributed by atoms with Crippen LogP contribution in [0.4, 0.5) is 4.39 Å². The van der Waals surface area contributed by atoms with Gasteiger partial charge in [0.25, 0.3) is 0 Å². The van der Waals surface area contributed by atoms with Gasteiger partial charge < -0.3 is 0 Å². The molecule has 88 valence electrons. The van der Waals surface area contributed by atoms with Crippen LogP contribution in [0.2, 0.25) is 0 Å². The molecule has 3 rings (SSSR count). The number of halogens is 2. The number of rotatable bonds is 1. The van der Waals surface area contributed by atoms with Gasteiger partial charge in [-0.1, -0.05) is 0 Å². The van der Waals surface area contributed by atoms with E-state index in [0.29, 0.717) is 6.04 Å². The predicted octanol–water partition coefficient (Wildman–Crippen LogP) is 3.80. The first-order valence-electron chi connectivity index (χ1n) is 5.69. The number of aromatic nitrogens is 2. The van der Waals surface area contributed by atoms with Crippen LogP contribution in [0.25, 0.3) is 11.3 Å². The topological polar surface area (TPSA) is 17.8 Å². The number of nitrogens with zero attached hydrogens (tertiary/aromatic N) is 2. The molecule has 0 fully saturated rings. The molecule has 0 amide bonds. The van der Waals surface area contributed by atoms with Crippen LogP contribution in [-0.2, 0) is 6.42 Å². The fraction of sp³-hybridized carbons (Fsp3) is 0.308. The van der Waals surface area contributed by atoms with Crippen LogP contribution in [-0.4, -0.2) is 9.78 Å². The molecule has 4 heteroatoms. The van der Waals surface area contributed by atoms with Crippen LogP contribution in [0.15, 0.2) is 24.3 Å². The van der Waals surface area contributed by atoms with E-state index in [1.807, 2.05) is 0 Å². The van der Waals surface area contributed by atoms with E-state index in [4.69, 9.17) is 0 Å². The first-order chi connectivity index (χ1) is 8.16. The van der Waals surface area contributed by atoms with E-state index in [9.17, 15) is 4.39 Å². The summed E-state index contributed by atoms with van der Waals surface area (Å²) in [5, 5.41) is 4.66. The second-order valence-electron chi connectivity index (χ2n) is 4.45. The molecule has 0 spiro atoms. The van der Waals surface area contributed by atoms with Gasteiger partial charge in [0.1, 0.15) is 11.5 Å². The molecule has 1 aliphatic rings. The maximum absolute atomic E-state index is 12.9. The number of fused-ring (bicyclic) bond motifs is 1. The van der Waals surface area contributed by atoms with Crippen LogP contribution in [0.3, 0.4) is 0 Å². The average molecular weight is 342 g/mol. The van der Waals surface area contributed by atoms with Crippen molar-refractivity contribution in [3.05, 3.63) is 39.3 Å². The third-order valence-electron chi connectivity index (χ3n) is 3.28. The molecule has 0 radical (unpaired) electrons. The van der Waals surface area contributed by atoms with Gasteiger partial charge in [-0.25, -0.2) is 4.39 Å². The van der Waals surface area contributed by atoms with Crippen molar-refractivity contribution >= 4 is 22.6 Å². The average Bonchev–Trinajstić information content (AvgIpc) is 2.83. The highest BCUT2D eigenvalue weighted by molar-refractivity contribution is 14.1. The molecule has 2 heterocycles. The second-order valence-corrected chi connectivity index (χ2v) is 5.53. The lowest BCUT2D eigenvalue weighted by Gasteiger charge is -2.03. The SMILES string of the molecule is CC1CCc2c(I)c(-c3ccc(F)cc3)nn21. The minimum atomic E-state index is -0.205. The number of benzene rings is 1. The summed E-state index contributed by atoms with van der Waals surface area (Å²) in [6, 6.07) is 7.03. The van der Waals surface area contributed by atoms with Crippen LogP contribution < -0.4 is 0 Å². The summed E-state index contributed by atoms with van der Waals surface area (Å²) < 4.78 is 16.2. The Bertz CT molecular complexity index is 560. The lowest BCUT2D eigenvalue weighted by molar-refractivity contribution is 0.523. The Kier molecular flexibility index (Phi) is 2.69. The summed E-state index contributed by atoms with van der Waals surface area (Å²) in [4.78, 5) is 0. The molecule has 1 atom stereocenters. The smallest absolute Gasteiger partial charge is 0.123 e. The molecule has 2 nitrogen and oxygen atoms in total. The minimum absolute atomic E-state index is 0.205. The first kappa shape index (κ1) is 11.2. The summed E-state index contributed by atoms with van der Waals surface area (Å²) in [7, 11) is 0. The lowest BCUT2D eigenvalue weighted by atomic mass is 10.1. The van der Waals surface area contributed by atoms with Gasteiger partial charge in [-0.3, -0.25) is 4.68 Å². The predicted molar refractivity (Wildman–Crippen MR) is 73.4 cm³/mol. The molecule has 1 unspecified atom stereocenters. The molecule has 0 aliphatic carbocycles. The van der Waals surface area contributed by atoms with E-state index in [0.717, 1.165) is 17.7 Å². The number of hydrogen-bond acceptors (Lipinski definition) is 1. The zero-order valence-electron chi connectivity index (χ0n) is 9.45. The minimum Gasteiger partial charge on any atom is -0.265 e. The van der Waals surface area contributed by atoms with Gasteiger partial charge in [0.05, 0.1) is 9.26 Å². The Labute approximate surface area is 113 Å². The van der Waals surface area contributed by atoms with Gasteiger partial charge in [0, 0.05) is 11.6 Å². The standard InChI is InChI=1S/C13H12FIN2/c1-8-2-7-11-12(15)13(16-17(8)11)9-3-5-10(14)6-4-9/h3-6,8H,2,7H2,1H3. The monoisotopic (exact) mass is 342 g/mol. The molecule has 2 aromatic rings. The van der Waals surface area contributed by atoms with Crippen LogP contribution in [0, 0.1) is 9.39 Å². The maximum atomic E-state index is 12.9. The Morgan fingerprint density at radius 2 is 2.06 bits per heavy atom. The van der Waals surface area contributed by atoms with Crippen molar-refractivity contribution in [2.24, 2.45) is 0 Å². The highest BCUT2D eigenvalue weighted by atomic mass is 127. The van der Waals surface area contributed by atoms with Crippen molar-refractivity contribution in [3.63, 3.8) is 0 Å². The van der Waals surface area contributed by atoms with E-state index in [1.54, 1.807) is 12.1 Å². The van der Waals surface area contributed by atoms with Gasteiger partial charge in [-0.2, -0.15) is 5.10 Å². The Morgan fingerprint density at radius 1 is 1.35 bits per heavy atom. The molecule has 0 saturated heterocycles. The van der Waals surface area contributed by atoms with E-state index in [1.165, 1.54) is 27.8 Å². The van der Waals surface area contributed by atoms with Crippen LogP contribution >= 0.6 is 22.6 Å². The van der Waals surface area contributed by atoms with Crippen molar-refractivity contribution in [1.82, 2.24) is 9.78 Å². The van der Waals surface area contributed by atoms with E-state index in [2.05, 4.69) is 39.3 Å². The number of hydrogen-bond donors (Lipinski definition) is 0. The van der Waals surface area contributed by atoms with Crippen molar-refractivity contribution < 1.29 is 4.39 Å². The highest BCUT2D eigenvalue weighted by Gasteiger charge is 2.25. The molecular formula is C13H12FIN2. The van der Waals surface area contributed by atoms with Crippen molar-refractivity contribution in [2.45, 2.75) is 25.8 Å². The largest absolute Gasteiger partial charge is 0.265 e. The maximum Gasteiger partial charge on any atom is 0.123 e. The summed E-state index contributed by atoms with van der Waals surface area (Å²) in [5.74, 6) is -0.205. The lowest BCUT2D eigenvalue weighted by Crippen LogP contribution is -2.00. The molecular weight excluding hydrogens is 330 g/mol. The molecule has 1 aromatic carbocycles. The molecule has 0 bridgehead atoms. The molecule has 0 N–H and O–H groups in total. The van der Waals surface area contributed by atoms with Crippen molar-refractivity contribution in [1.29, 1.82) is 0 Å². The normalized spacial score (nSPS) is 18.4. The third kappa shape index (κ3) is 1.78. The van der Waals surface area contributed by atoms with Gasteiger partial charge in [0.15, 0.2) is 0 Å². The summed E-state index contributed by atoms with van der Waals surface area (Å²) in [6.07, 6.45) is 2.26. The second kappa shape index (κ2) is 4.08. The van der Waals surface area contributed by atoms with Crippen molar-refractivity contribution in [3.8, 4) is 11.3 Å². The Hall–Kier alpha value is -0.910. The fourth-order valence-electron chi connectivity index (χ4n) is 2.30. The van der Waals surface area contributed by atoms with E-state index >= 15 is 0 Å². The molecule has 17 heavy (non-hydrogen) atoms. The Balaban J connectivity index is 2.10. The first-order valence-corrected chi connectivity index (χ1v) is 6.77. The van der Waals surface area contributed by atoms with E-state index in [-0.39, 0.29) is 5.82 Å². The Morgan fingerprint density at radius 3 is 2.71 bits per heavy atom. The zero-order chi connectivity index (χ0) is 12.0. The van der Waals surface area contributed by atoms with Gasteiger partial charge in [-0.15, -0.1) is 0 Å². The van der Waals surface area contributed by atoms with Crippen LogP contribution in [0.1, 0.15) is 25.1 Å². The van der Waals surface area contributed by atoms with E-state index < -0.39 is 0 Å². The van der Waals surface area contributed by atoms with Gasteiger partial charge in [0.2, 0.25) is 0 Å². The quantitative estimate of drug-likeness (QED) is 0.721. The van der Waals surface area contributed by atoms with Gasteiger partial charge in [-0.05, 0) is 66.6 Å². The summed E-state index contributed by atoms with van der Waals surface area (Å²) >= 11 is 2.35.